The van der Waals surface area contributed by atoms with Crippen molar-refractivity contribution in [2.24, 2.45) is 5.92 Å². The van der Waals surface area contributed by atoms with E-state index in [1.165, 1.54) is 0 Å². The first kappa shape index (κ1) is 17.6. The van der Waals surface area contributed by atoms with Crippen LogP contribution in [-0.4, -0.2) is 35.9 Å². The molecule has 0 spiro atoms. The van der Waals surface area contributed by atoms with Crippen LogP contribution in [0.2, 0.25) is 0 Å². The van der Waals surface area contributed by atoms with Crippen molar-refractivity contribution in [3.05, 3.63) is 26.9 Å². The van der Waals surface area contributed by atoms with Crippen LogP contribution in [0.4, 0.5) is 0 Å². The Morgan fingerprint density at radius 1 is 1.40 bits per heavy atom. The maximum atomic E-state index is 12.2. The van der Waals surface area contributed by atoms with E-state index in [9.17, 15) is 4.79 Å². The van der Waals surface area contributed by atoms with Crippen LogP contribution in [0, 0.1) is 5.92 Å². The molecule has 1 N–H and O–H groups in total. The van der Waals surface area contributed by atoms with E-state index in [0.717, 1.165) is 21.1 Å². The molecule has 0 aromatic carbocycles. The lowest BCUT2D eigenvalue weighted by atomic mass is 10.0. The van der Waals surface area contributed by atoms with Gasteiger partial charge in [0.25, 0.3) is 0 Å². The predicted molar refractivity (Wildman–Crippen MR) is 88.4 cm³/mol. The molecule has 0 aliphatic rings. The van der Waals surface area contributed by atoms with Crippen LogP contribution in [0.3, 0.4) is 0 Å². The molecule has 20 heavy (non-hydrogen) atoms. The Morgan fingerprint density at radius 2 is 2.05 bits per heavy atom. The first-order valence-electron chi connectivity index (χ1n) is 6.55. The van der Waals surface area contributed by atoms with E-state index in [-0.39, 0.29) is 11.9 Å². The summed E-state index contributed by atoms with van der Waals surface area (Å²) in [5.41, 5.74) is 0.897. The quantitative estimate of drug-likeness (QED) is 0.788. The molecule has 112 valence electrons. The van der Waals surface area contributed by atoms with Gasteiger partial charge >= 0.3 is 0 Å². The highest BCUT2D eigenvalue weighted by atomic mass is 79.9. The molecule has 0 aliphatic carbocycles. The number of nitrogens with one attached hydrogen (secondary N) is 1. The van der Waals surface area contributed by atoms with Gasteiger partial charge in [-0.3, -0.25) is 9.78 Å². The van der Waals surface area contributed by atoms with Crippen molar-refractivity contribution in [1.29, 1.82) is 0 Å². The standard InChI is InChI=1S/C14H21Br2N3O/c1-9(2)5-12(14(20)19(3)4)18-8-13-11(16)6-10(15)7-17-13/h6-7,9,12,18H,5,8H2,1-4H3. The van der Waals surface area contributed by atoms with Crippen molar-refractivity contribution in [1.82, 2.24) is 15.2 Å². The van der Waals surface area contributed by atoms with Crippen molar-refractivity contribution >= 4 is 37.8 Å². The van der Waals surface area contributed by atoms with Gasteiger partial charge in [-0.15, -0.1) is 0 Å². The number of halogens is 2. The molecule has 1 aromatic rings. The van der Waals surface area contributed by atoms with E-state index in [2.05, 4.69) is 56.0 Å². The first-order valence-corrected chi connectivity index (χ1v) is 8.14. The van der Waals surface area contributed by atoms with Gasteiger partial charge in [-0.05, 0) is 50.3 Å². The molecule has 0 radical (unpaired) electrons. The molecular formula is C14H21Br2N3O. The highest BCUT2D eigenvalue weighted by Crippen LogP contribution is 2.19. The number of pyridine rings is 1. The summed E-state index contributed by atoms with van der Waals surface area (Å²) < 4.78 is 1.86. The molecule has 0 bridgehead atoms. The second-order valence-corrected chi connectivity index (χ2v) is 7.15. The number of amides is 1. The normalized spacial score (nSPS) is 12.6. The minimum absolute atomic E-state index is 0.104. The molecule has 1 atom stereocenters. The number of aromatic nitrogens is 1. The number of rotatable bonds is 6. The van der Waals surface area contributed by atoms with E-state index in [1.54, 1.807) is 25.2 Å². The second kappa shape index (κ2) is 8.10. The number of hydrogen-bond acceptors (Lipinski definition) is 3. The van der Waals surface area contributed by atoms with Gasteiger partial charge in [-0.25, -0.2) is 0 Å². The van der Waals surface area contributed by atoms with Gasteiger partial charge in [0.15, 0.2) is 0 Å². The molecule has 0 saturated heterocycles. The third kappa shape index (κ3) is 5.50. The molecule has 0 aliphatic heterocycles. The van der Waals surface area contributed by atoms with Gasteiger partial charge in [-0.1, -0.05) is 13.8 Å². The topological polar surface area (TPSA) is 45.2 Å². The van der Waals surface area contributed by atoms with Crippen molar-refractivity contribution in [3.63, 3.8) is 0 Å². The largest absolute Gasteiger partial charge is 0.347 e. The van der Waals surface area contributed by atoms with Gasteiger partial charge in [0.05, 0.1) is 11.7 Å². The number of likely N-dealkylation sites (N-methyl/N-ethyl adjacent to an activating group) is 1. The summed E-state index contributed by atoms with van der Waals surface area (Å²) >= 11 is 6.86. The van der Waals surface area contributed by atoms with E-state index in [0.29, 0.717) is 12.5 Å². The minimum atomic E-state index is -0.178. The van der Waals surface area contributed by atoms with Crippen LogP contribution >= 0.6 is 31.9 Å². The SMILES string of the molecule is CC(C)CC(NCc1ncc(Br)cc1Br)C(=O)N(C)C. The zero-order valence-corrected chi connectivity index (χ0v) is 15.5. The fourth-order valence-electron chi connectivity index (χ4n) is 1.85. The Balaban J connectivity index is 2.72. The van der Waals surface area contributed by atoms with Gasteiger partial charge in [0.2, 0.25) is 5.91 Å². The van der Waals surface area contributed by atoms with E-state index in [1.807, 2.05) is 6.07 Å². The highest BCUT2D eigenvalue weighted by Gasteiger charge is 2.21. The fraction of sp³-hybridized carbons (Fsp3) is 0.571. The Labute approximate surface area is 137 Å². The van der Waals surface area contributed by atoms with Gasteiger partial charge in [0, 0.05) is 35.8 Å². The summed E-state index contributed by atoms with van der Waals surface area (Å²) in [7, 11) is 3.57. The lowest BCUT2D eigenvalue weighted by Crippen LogP contribution is -2.44. The van der Waals surface area contributed by atoms with Crippen molar-refractivity contribution in [2.75, 3.05) is 14.1 Å². The molecule has 1 rings (SSSR count). The molecule has 4 nitrogen and oxygen atoms in total. The Morgan fingerprint density at radius 3 is 2.55 bits per heavy atom. The summed E-state index contributed by atoms with van der Waals surface area (Å²) in [5, 5.41) is 3.31. The van der Waals surface area contributed by atoms with Crippen LogP contribution in [0.25, 0.3) is 0 Å². The van der Waals surface area contributed by atoms with E-state index < -0.39 is 0 Å². The minimum Gasteiger partial charge on any atom is -0.347 e. The zero-order valence-electron chi connectivity index (χ0n) is 12.3. The summed E-state index contributed by atoms with van der Waals surface area (Å²) in [6, 6.07) is 1.78. The van der Waals surface area contributed by atoms with E-state index >= 15 is 0 Å². The second-order valence-electron chi connectivity index (χ2n) is 5.38. The third-order valence-corrected chi connectivity index (χ3v) is 3.97. The predicted octanol–water partition coefficient (Wildman–Crippen LogP) is 3.20. The average Bonchev–Trinajstić information content (AvgIpc) is 2.34. The molecule has 0 saturated carbocycles. The van der Waals surface area contributed by atoms with Crippen molar-refractivity contribution < 1.29 is 4.79 Å². The molecular weight excluding hydrogens is 386 g/mol. The zero-order chi connectivity index (χ0) is 15.3. The summed E-state index contributed by atoms with van der Waals surface area (Å²) in [4.78, 5) is 18.1. The van der Waals surface area contributed by atoms with Gasteiger partial charge in [0.1, 0.15) is 0 Å². The summed E-state index contributed by atoms with van der Waals surface area (Å²) in [6.45, 7) is 4.79. The smallest absolute Gasteiger partial charge is 0.239 e. The summed E-state index contributed by atoms with van der Waals surface area (Å²) in [6.07, 6.45) is 2.57. The molecule has 1 amide bonds. The monoisotopic (exact) mass is 405 g/mol. The van der Waals surface area contributed by atoms with Gasteiger partial charge in [-0.2, -0.15) is 0 Å². The highest BCUT2D eigenvalue weighted by molar-refractivity contribution is 9.11. The van der Waals surface area contributed by atoms with E-state index in [4.69, 9.17) is 0 Å². The van der Waals surface area contributed by atoms with Crippen LogP contribution < -0.4 is 5.32 Å². The Bertz CT molecular complexity index is 464. The van der Waals surface area contributed by atoms with Crippen LogP contribution in [0.1, 0.15) is 26.0 Å². The van der Waals surface area contributed by atoms with Crippen molar-refractivity contribution in [3.8, 4) is 0 Å². The number of hydrogen-bond donors (Lipinski definition) is 1. The Kier molecular flexibility index (Phi) is 7.12. The number of carbonyl (C=O) groups excluding carboxylic acids is 1. The third-order valence-electron chi connectivity index (χ3n) is 2.85. The molecule has 1 unspecified atom stereocenters. The lowest BCUT2D eigenvalue weighted by Gasteiger charge is -2.23. The summed E-state index contributed by atoms with van der Waals surface area (Å²) in [5.74, 6) is 0.560. The van der Waals surface area contributed by atoms with Crippen LogP contribution in [-0.2, 0) is 11.3 Å². The lowest BCUT2D eigenvalue weighted by molar-refractivity contribution is -0.131. The van der Waals surface area contributed by atoms with Crippen LogP contribution in [0.5, 0.6) is 0 Å². The van der Waals surface area contributed by atoms with Gasteiger partial charge < -0.3 is 10.2 Å². The Hall–Kier alpha value is -0.460. The fourth-order valence-corrected chi connectivity index (χ4v) is 2.98. The molecule has 1 aromatic heterocycles. The first-order chi connectivity index (χ1) is 9.31. The average molecular weight is 407 g/mol. The molecule has 1 heterocycles. The van der Waals surface area contributed by atoms with Crippen molar-refractivity contribution in [2.45, 2.75) is 32.9 Å². The number of carbonyl (C=O) groups is 1. The maximum Gasteiger partial charge on any atom is 0.239 e. The molecule has 0 fully saturated rings. The maximum absolute atomic E-state index is 12.2. The number of nitrogens with zero attached hydrogens (tertiary/aromatic N) is 2. The van der Waals surface area contributed by atoms with Crippen LogP contribution in [0.15, 0.2) is 21.2 Å². The molecule has 6 heteroatoms.